The zero-order valence-corrected chi connectivity index (χ0v) is 12.9. The lowest BCUT2D eigenvalue weighted by Crippen LogP contribution is -2.00. The zero-order chi connectivity index (χ0) is 14.7. The van der Waals surface area contributed by atoms with E-state index < -0.39 is 0 Å². The number of nitrogens with zero attached hydrogens (tertiary/aromatic N) is 1. The van der Waals surface area contributed by atoms with E-state index in [-0.39, 0.29) is 0 Å². The fourth-order valence-electron chi connectivity index (χ4n) is 3.35. The summed E-state index contributed by atoms with van der Waals surface area (Å²) in [5.41, 5.74) is 4.97. The Balaban J connectivity index is 1.89. The van der Waals surface area contributed by atoms with Crippen LogP contribution in [0.15, 0.2) is 70.5 Å². The topological polar surface area (TPSA) is 17.0 Å². The molecule has 2 nitrogen and oxygen atoms in total. The number of hydrogen-bond donors (Lipinski definition) is 1. The second-order valence-electron chi connectivity index (χ2n) is 5.63. The highest BCUT2D eigenvalue weighted by molar-refractivity contribution is 7.99. The van der Waals surface area contributed by atoms with Crippen LogP contribution in [0.3, 0.4) is 0 Å². The Labute approximate surface area is 132 Å². The number of para-hydroxylation sites is 2. The maximum atomic E-state index is 3.65. The molecule has 0 aliphatic carbocycles. The SMILES string of the molecule is Cn1c2ccccc2c2c3c(ccc21)Sc1ccccc1N3. The van der Waals surface area contributed by atoms with Crippen molar-refractivity contribution in [1.82, 2.24) is 4.57 Å². The second kappa shape index (κ2) is 4.31. The molecule has 0 atom stereocenters. The highest BCUT2D eigenvalue weighted by Gasteiger charge is 2.20. The molecule has 0 radical (unpaired) electrons. The van der Waals surface area contributed by atoms with Crippen LogP contribution in [-0.2, 0) is 7.05 Å². The number of aromatic nitrogens is 1. The predicted octanol–water partition coefficient (Wildman–Crippen LogP) is 5.54. The van der Waals surface area contributed by atoms with Crippen molar-refractivity contribution in [3.05, 3.63) is 60.7 Å². The lowest BCUT2D eigenvalue weighted by molar-refractivity contribution is 1.01. The molecule has 0 fully saturated rings. The van der Waals surface area contributed by atoms with Gasteiger partial charge >= 0.3 is 0 Å². The summed E-state index contributed by atoms with van der Waals surface area (Å²) in [7, 11) is 2.14. The molecule has 0 unspecified atom stereocenters. The number of benzene rings is 3. The molecule has 0 amide bonds. The van der Waals surface area contributed by atoms with Crippen LogP contribution in [-0.4, -0.2) is 4.57 Å². The number of aryl methyl sites for hydroxylation is 1. The van der Waals surface area contributed by atoms with E-state index in [4.69, 9.17) is 0 Å². The first kappa shape index (κ1) is 12.2. The average Bonchev–Trinajstić information content (AvgIpc) is 2.87. The molecular formula is C19H14N2S. The van der Waals surface area contributed by atoms with Gasteiger partial charge in [0.15, 0.2) is 0 Å². The fraction of sp³-hybridized carbons (Fsp3) is 0.0526. The van der Waals surface area contributed by atoms with Gasteiger partial charge < -0.3 is 9.88 Å². The Bertz CT molecular complexity index is 1050. The zero-order valence-electron chi connectivity index (χ0n) is 12.1. The van der Waals surface area contributed by atoms with E-state index in [1.807, 2.05) is 11.8 Å². The van der Waals surface area contributed by atoms with Gasteiger partial charge in [0.1, 0.15) is 0 Å². The van der Waals surface area contributed by atoms with Crippen molar-refractivity contribution in [2.45, 2.75) is 9.79 Å². The molecular weight excluding hydrogens is 288 g/mol. The Kier molecular flexibility index (Phi) is 2.38. The number of anilines is 2. The van der Waals surface area contributed by atoms with Crippen LogP contribution in [0, 0.1) is 0 Å². The van der Waals surface area contributed by atoms with Crippen LogP contribution in [0.4, 0.5) is 11.4 Å². The number of nitrogens with one attached hydrogen (secondary N) is 1. The van der Waals surface area contributed by atoms with E-state index in [1.165, 1.54) is 43.0 Å². The maximum Gasteiger partial charge on any atom is 0.0627 e. The van der Waals surface area contributed by atoms with Gasteiger partial charge in [-0.3, -0.25) is 0 Å². The largest absolute Gasteiger partial charge is 0.353 e. The van der Waals surface area contributed by atoms with E-state index in [9.17, 15) is 0 Å². The molecule has 22 heavy (non-hydrogen) atoms. The Hall–Kier alpha value is -2.39. The molecule has 5 rings (SSSR count). The van der Waals surface area contributed by atoms with Crippen molar-refractivity contribution < 1.29 is 0 Å². The molecule has 1 aromatic heterocycles. The Morgan fingerprint density at radius 1 is 0.818 bits per heavy atom. The van der Waals surface area contributed by atoms with Crippen molar-refractivity contribution in [2.24, 2.45) is 7.05 Å². The molecule has 3 heteroatoms. The van der Waals surface area contributed by atoms with Crippen LogP contribution in [0.1, 0.15) is 0 Å². The van der Waals surface area contributed by atoms with Gasteiger partial charge in [-0.05, 0) is 30.3 Å². The van der Waals surface area contributed by atoms with E-state index in [2.05, 4.69) is 77.6 Å². The van der Waals surface area contributed by atoms with Gasteiger partial charge in [-0.25, -0.2) is 0 Å². The highest BCUT2D eigenvalue weighted by atomic mass is 32.2. The van der Waals surface area contributed by atoms with E-state index >= 15 is 0 Å². The van der Waals surface area contributed by atoms with Crippen LogP contribution >= 0.6 is 11.8 Å². The molecule has 3 aromatic carbocycles. The summed E-state index contributed by atoms with van der Waals surface area (Å²) >= 11 is 1.84. The molecule has 0 spiro atoms. The summed E-state index contributed by atoms with van der Waals surface area (Å²) in [6.07, 6.45) is 0. The molecule has 1 aliphatic rings. The van der Waals surface area contributed by atoms with E-state index in [0.717, 1.165) is 0 Å². The molecule has 0 saturated heterocycles. The normalized spacial score (nSPS) is 13.0. The first-order valence-electron chi connectivity index (χ1n) is 7.37. The van der Waals surface area contributed by atoms with Gasteiger partial charge in [-0.15, -0.1) is 0 Å². The standard InChI is InChI=1S/C19H14N2S/c1-21-14-8-4-2-6-12(14)18-15(21)10-11-17-19(18)20-13-7-3-5-9-16(13)22-17/h2-11,20H,1H3. The number of hydrogen-bond acceptors (Lipinski definition) is 2. The first-order chi connectivity index (χ1) is 10.8. The van der Waals surface area contributed by atoms with Gasteiger partial charge in [0.25, 0.3) is 0 Å². The van der Waals surface area contributed by atoms with E-state index in [0.29, 0.717) is 0 Å². The summed E-state index contributed by atoms with van der Waals surface area (Å²) in [6, 6.07) is 21.6. The Morgan fingerprint density at radius 3 is 2.59 bits per heavy atom. The van der Waals surface area contributed by atoms with Crippen molar-refractivity contribution in [3.63, 3.8) is 0 Å². The summed E-state index contributed by atoms with van der Waals surface area (Å²) < 4.78 is 2.28. The minimum atomic E-state index is 1.19. The van der Waals surface area contributed by atoms with Gasteiger partial charge in [-0.1, -0.05) is 42.1 Å². The van der Waals surface area contributed by atoms with Crippen LogP contribution in [0.2, 0.25) is 0 Å². The van der Waals surface area contributed by atoms with E-state index in [1.54, 1.807) is 0 Å². The van der Waals surface area contributed by atoms with Crippen molar-refractivity contribution in [1.29, 1.82) is 0 Å². The van der Waals surface area contributed by atoms with Crippen molar-refractivity contribution >= 4 is 44.9 Å². The fourth-order valence-corrected chi connectivity index (χ4v) is 4.36. The summed E-state index contributed by atoms with van der Waals surface area (Å²) in [5, 5.41) is 6.28. The number of rotatable bonds is 0. The molecule has 0 bridgehead atoms. The third kappa shape index (κ3) is 1.52. The predicted molar refractivity (Wildman–Crippen MR) is 94.3 cm³/mol. The molecule has 1 N–H and O–H groups in total. The van der Waals surface area contributed by atoms with Crippen molar-refractivity contribution in [2.75, 3.05) is 5.32 Å². The summed E-state index contributed by atoms with van der Waals surface area (Å²) in [6.45, 7) is 0. The molecule has 1 aliphatic heterocycles. The third-order valence-corrected chi connectivity index (χ3v) is 5.54. The lowest BCUT2D eigenvalue weighted by atomic mass is 10.1. The Morgan fingerprint density at radius 2 is 1.64 bits per heavy atom. The van der Waals surface area contributed by atoms with Gasteiger partial charge in [0, 0.05) is 33.1 Å². The molecule has 106 valence electrons. The van der Waals surface area contributed by atoms with Crippen LogP contribution in [0.25, 0.3) is 21.8 Å². The van der Waals surface area contributed by atoms with Gasteiger partial charge in [0.2, 0.25) is 0 Å². The molecule has 2 heterocycles. The number of fused-ring (bicyclic) bond motifs is 6. The third-order valence-electron chi connectivity index (χ3n) is 4.41. The molecule has 4 aromatic rings. The van der Waals surface area contributed by atoms with Crippen molar-refractivity contribution in [3.8, 4) is 0 Å². The maximum absolute atomic E-state index is 3.65. The minimum Gasteiger partial charge on any atom is -0.353 e. The summed E-state index contributed by atoms with van der Waals surface area (Å²) in [5.74, 6) is 0. The quantitative estimate of drug-likeness (QED) is 0.404. The van der Waals surface area contributed by atoms with Gasteiger partial charge in [-0.2, -0.15) is 0 Å². The highest BCUT2D eigenvalue weighted by Crippen LogP contribution is 2.48. The summed E-state index contributed by atoms with van der Waals surface area (Å²) in [4.78, 5) is 2.58. The lowest BCUT2D eigenvalue weighted by Gasteiger charge is -2.21. The van der Waals surface area contributed by atoms with Gasteiger partial charge in [0.05, 0.1) is 16.9 Å². The average molecular weight is 302 g/mol. The minimum absolute atomic E-state index is 1.19. The molecule has 0 saturated carbocycles. The monoisotopic (exact) mass is 302 g/mol. The smallest absolute Gasteiger partial charge is 0.0627 e. The van der Waals surface area contributed by atoms with Crippen LogP contribution < -0.4 is 5.32 Å². The second-order valence-corrected chi connectivity index (χ2v) is 6.72. The first-order valence-corrected chi connectivity index (χ1v) is 8.18. The van der Waals surface area contributed by atoms with Crippen LogP contribution in [0.5, 0.6) is 0 Å².